The molecule has 2 heterocycles. The number of carbonyl (C=O) groups excluding carboxylic acids is 4. The molecule has 7 nitrogen and oxygen atoms in total. The largest absolute Gasteiger partial charge is 0.507 e. The van der Waals surface area contributed by atoms with E-state index in [-0.39, 0.29) is 37.0 Å². The lowest BCUT2D eigenvalue weighted by molar-refractivity contribution is -0.141. The number of phenols is 1. The smallest absolute Gasteiger partial charge is 0.253 e. The van der Waals surface area contributed by atoms with E-state index in [9.17, 15) is 24.3 Å². The molecule has 2 aliphatic carbocycles. The molecule has 0 spiro atoms. The number of likely N-dealkylation sites (tertiary alicyclic amines) is 2. The summed E-state index contributed by atoms with van der Waals surface area (Å²) in [6.45, 7) is 0.147. The lowest BCUT2D eigenvalue weighted by atomic mass is 9.56. The lowest BCUT2D eigenvalue weighted by Crippen LogP contribution is -2.60. The van der Waals surface area contributed by atoms with Gasteiger partial charge in [-0.15, -0.1) is 23.2 Å². The summed E-state index contributed by atoms with van der Waals surface area (Å²) < 4.78 is 0. The highest BCUT2D eigenvalue weighted by molar-refractivity contribution is 6.53. The average Bonchev–Trinajstić information content (AvgIpc) is 3.29. The zero-order valence-electron chi connectivity index (χ0n) is 22.1. The number of fused-ring (bicyclic) bond motifs is 5. The number of imide groups is 2. The molecule has 0 radical (unpaired) electrons. The van der Waals surface area contributed by atoms with Gasteiger partial charge in [0.05, 0.1) is 18.4 Å². The van der Waals surface area contributed by atoms with Gasteiger partial charge in [-0.3, -0.25) is 29.0 Å². The SMILES string of the molecule is CN1C(=O)C2(Cl)CC3C(=CCC4C(=O)N(Cc5ccccc5)C(=O)C43)C(c3ccc4ccccc4c3O)C2(Cl)C1=O. The third-order valence-corrected chi connectivity index (χ3v) is 10.9. The van der Waals surface area contributed by atoms with Gasteiger partial charge in [-0.25, -0.2) is 0 Å². The molecule has 4 amide bonds. The number of amides is 4. The van der Waals surface area contributed by atoms with Gasteiger partial charge < -0.3 is 5.11 Å². The number of halogens is 2. The van der Waals surface area contributed by atoms with E-state index >= 15 is 0 Å². The summed E-state index contributed by atoms with van der Waals surface area (Å²) in [5.41, 5.74) is 1.84. The van der Waals surface area contributed by atoms with Gasteiger partial charge in [0.2, 0.25) is 11.8 Å². The molecule has 3 fully saturated rings. The normalized spacial score (nSPS) is 32.7. The van der Waals surface area contributed by atoms with Crippen LogP contribution in [0.3, 0.4) is 0 Å². The van der Waals surface area contributed by atoms with Gasteiger partial charge in [0.1, 0.15) is 5.75 Å². The topological polar surface area (TPSA) is 95.0 Å². The number of allylic oxidation sites excluding steroid dienone is 2. The van der Waals surface area contributed by atoms with E-state index in [4.69, 9.17) is 23.2 Å². The molecular formula is C32H26Cl2N2O5. The summed E-state index contributed by atoms with van der Waals surface area (Å²) in [6, 6.07) is 20.1. The molecule has 7 rings (SSSR count). The summed E-state index contributed by atoms with van der Waals surface area (Å²) in [7, 11) is 1.35. The Balaban J connectivity index is 1.39. The highest BCUT2D eigenvalue weighted by Gasteiger charge is 2.76. The van der Waals surface area contributed by atoms with E-state index in [2.05, 4.69) is 0 Å². The Labute approximate surface area is 246 Å². The van der Waals surface area contributed by atoms with Crippen LogP contribution in [0.25, 0.3) is 10.8 Å². The van der Waals surface area contributed by atoms with Gasteiger partial charge in [0, 0.05) is 23.9 Å². The van der Waals surface area contributed by atoms with Crippen molar-refractivity contribution in [3.8, 4) is 5.75 Å². The van der Waals surface area contributed by atoms with Crippen LogP contribution in [0.4, 0.5) is 0 Å². The van der Waals surface area contributed by atoms with Crippen molar-refractivity contribution in [2.45, 2.75) is 35.1 Å². The Morgan fingerprint density at radius 2 is 1.59 bits per heavy atom. The minimum absolute atomic E-state index is 0.0647. The number of nitrogens with zero attached hydrogens (tertiary/aromatic N) is 2. The van der Waals surface area contributed by atoms with Crippen molar-refractivity contribution in [3.63, 3.8) is 0 Å². The fourth-order valence-corrected chi connectivity index (χ4v) is 8.59. The van der Waals surface area contributed by atoms with Gasteiger partial charge in [-0.2, -0.15) is 0 Å². The van der Waals surface area contributed by atoms with Crippen molar-refractivity contribution < 1.29 is 24.3 Å². The van der Waals surface area contributed by atoms with E-state index in [1.807, 2.05) is 54.6 Å². The summed E-state index contributed by atoms with van der Waals surface area (Å²) in [5, 5.41) is 12.9. The molecule has 3 aromatic carbocycles. The Hall–Kier alpha value is -3.68. The molecule has 0 aromatic heterocycles. The quantitative estimate of drug-likeness (QED) is 0.271. The molecule has 3 aromatic rings. The van der Waals surface area contributed by atoms with Gasteiger partial charge in [-0.05, 0) is 29.7 Å². The number of hydrogen-bond donors (Lipinski definition) is 1. The minimum Gasteiger partial charge on any atom is -0.507 e. The first-order chi connectivity index (χ1) is 19.6. The van der Waals surface area contributed by atoms with E-state index in [1.165, 1.54) is 11.9 Å². The number of benzene rings is 3. The maximum atomic E-state index is 14.0. The van der Waals surface area contributed by atoms with Crippen LogP contribution >= 0.6 is 23.2 Å². The van der Waals surface area contributed by atoms with Gasteiger partial charge in [0.25, 0.3) is 11.8 Å². The van der Waals surface area contributed by atoms with E-state index in [0.717, 1.165) is 15.8 Å². The highest BCUT2D eigenvalue weighted by atomic mass is 35.5. The molecule has 41 heavy (non-hydrogen) atoms. The number of phenolic OH excluding ortho intramolecular Hbond substituents is 1. The van der Waals surface area contributed by atoms with Crippen molar-refractivity contribution in [1.29, 1.82) is 0 Å². The van der Waals surface area contributed by atoms with Crippen molar-refractivity contribution in [1.82, 2.24) is 9.80 Å². The molecule has 1 saturated carbocycles. The van der Waals surface area contributed by atoms with Crippen LogP contribution in [-0.2, 0) is 25.7 Å². The van der Waals surface area contributed by atoms with Crippen molar-refractivity contribution >= 4 is 57.6 Å². The molecule has 0 bridgehead atoms. The fourth-order valence-electron chi connectivity index (χ4n) is 7.58. The molecular weight excluding hydrogens is 563 g/mol. The highest BCUT2D eigenvalue weighted by Crippen LogP contribution is 2.66. The Morgan fingerprint density at radius 1 is 0.878 bits per heavy atom. The molecule has 4 aliphatic rings. The predicted octanol–water partition coefficient (Wildman–Crippen LogP) is 4.73. The fraction of sp³-hybridized carbons (Fsp3) is 0.312. The summed E-state index contributed by atoms with van der Waals surface area (Å²) >= 11 is 14.5. The van der Waals surface area contributed by atoms with Gasteiger partial charge >= 0.3 is 0 Å². The van der Waals surface area contributed by atoms with Gasteiger partial charge in [0.15, 0.2) is 9.75 Å². The number of alkyl halides is 2. The Bertz CT molecular complexity index is 1710. The maximum Gasteiger partial charge on any atom is 0.253 e. The Kier molecular flexibility index (Phi) is 5.70. The van der Waals surface area contributed by atoms with E-state index in [0.29, 0.717) is 16.5 Å². The molecule has 208 valence electrons. The van der Waals surface area contributed by atoms with Crippen LogP contribution in [0.15, 0.2) is 78.4 Å². The third kappa shape index (κ3) is 3.33. The zero-order chi connectivity index (χ0) is 28.8. The number of carbonyl (C=O) groups is 4. The second kappa shape index (κ2) is 8.91. The second-order valence-electron chi connectivity index (χ2n) is 11.5. The van der Waals surface area contributed by atoms with Crippen LogP contribution in [0.1, 0.15) is 29.9 Å². The van der Waals surface area contributed by atoms with Crippen LogP contribution < -0.4 is 0 Å². The first kappa shape index (κ1) is 26.2. The van der Waals surface area contributed by atoms with Crippen molar-refractivity contribution in [2.75, 3.05) is 7.05 Å². The van der Waals surface area contributed by atoms with Crippen molar-refractivity contribution in [3.05, 3.63) is 89.5 Å². The van der Waals surface area contributed by atoms with Crippen molar-refractivity contribution in [2.24, 2.45) is 17.8 Å². The van der Waals surface area contributed by atoms with Crippen LogP contribution in [0.5, 0.6) is 5.75 Å². The predicted molar refractivity (Wildman–Crippen MR) is 153 cm³/mol. The van der Waals surface area contributed by atoms with E-state index in [1.54, 1.807) is 18.2 Å². The number of rotatable bonds is 3. The summed E-state index contributed by atoms with van der Waals surface area (Å²) in [5.74, 6) is -4.96. The molecule has 1 N–H and O–H groups in total. The molecule has 2 aliphatic heterocycles. The number of aromatic hydroxyl groups is 1. The minimum atomic E-state index is -1.94. The molecule has 6 unspecified atom stereocenters. The monoisotopic (exact) mass is 588 g/mol. The molecule has 9 heteroatoms. The first-order valence-corrected chi connectivity index (χ1v) is 14.3. The lowest BCUT2D eigenvalue weighted by Gasteiger charge is -2.50. The van der Waals surface area contributed by atoms with E-state index < -0.39 is 45.2 Å². The first-order valence-electron chi connectivity index (χ1n) is 13.6. The van der Waals surface area contributed by atoms with Crippen LogP contribution in [-0.4, -0.2) is 55.3 Å². The second-order valence-corrected chi connectivity index (χ2v) is 12.7. The molecule has 2 saturated heterocycles. The average molecular weight is 589 g/mol. The maximum absolute atomic E-state index is 14.0. The molecule has 6 atom stereocenters. The standard InChI is InChI=1S/C32H26Cl2N2O5/c1-35-29(40)31(33)15-23-20(13-14-21-24(23)28(39)36(27(21)38)16-17-7-3-2-4-8-17)25(32(31,34)30(35)41)22-12-11-18-9-5-6-10-19(18)26(22)37/h2-13,21,23-25,37H,14-16H2,1H3. The Morgan fingerprint density at radius 3 is 2.34 bits per heavy atom. The summed E-state index contributed by atoms with van der Waals surface area (Å²) in [6.07, 6.45) is 2.07. The zero-order valence-corrected chi connectivity index (χ0v) is 23.6. The van der Waals surface area contributed by atoms with Crippen LogP contribution in [0.2, 0.25) is 0 Å². The van der Waals surface area contributed by atoms with Crippen LogP contribution in [0, 0.1) is 17.8 Å². The summed E-state index contributed by atoms with van der Waals surface area (Å²) in [4.78, 5) is 53.3. The van der Waals surface area contributed by atoms with Gasteiger partial charge in [-0.1, -0.05) is 78.4 Å². The number of hydrogen-bond acceptors (Lipinski definition) is 5. The third-order valence-electron chi connectivity index (χ3n) is 9.53.